The Hall–Kier alpha value is -2.69. The first kappa shape index (κ1) is 20.6. The Labute approximate surface area is 186 Å². The second-order valence-corrected chi connectivity index (χ2v) is 9.96. The van der Waals surface area contributed by atoms with Crippen molar-refractivity contribution in [3.8, 4) is 22.4 Å². The molecule has 0 N–H and O–H groups in total. The molecule has 2 aromatic carbocycles. The summed E-state index contributed by atoms with van der Waals surface area (Å²) in [5.41, 5.74) is 5.98. The molecule has 150 valence electrons. The Morgan fingerprint density at radius 3 is 2.37 bits per heavy atom. The highest BCUT2D eigenvalue weighted by atomic mass is 35.5. The lowest BCUT2D eigenvalue weighted by Gasteiger charge is -2.13. The highest BCUT2D eigenvalue weighted by molar-refractivity contribution is 7.99. The van der Waals surface area contributed by atoms with Gasteiger partial charge in [0.2, 0.25) is 0 Å². The molecule has 2 heterocycles. The number of pyridine rings is 2. The quantitative estimate of drug-likeness (QED) is 0.191. The van der Waals surface area contributed by atoms with E-state index >= 15 is 0 Å². The number of hydrogen-bond acceptors (Lipinski definition) is 4. The Bertz CT molecular complexity index is 1200. The molecule has 3 nitrogen and oxygen atoms in total. The third-order valence-corrected chi connectivity index (χ3v) is 5.55. The summed E-state index contributed by atoms with van der Waals surface area (Å²) in [5, 5.41) is 1.32. The van der Waals surface area contributed by atoms with E-state index in [-0.39, 0.29) is 4.75 Å². The number of benzene rings is 2. The van der Waals surface area contributed by atoms with Gasteiger partial charge in [0, 0.05) is 33.7 Å². The molecule has 0 saturated heterocycles. The maximum absolute atomic E-state index is 6.35. The predicted octanol–water partition coefficient (Wildman–Crippen LogP) is 7.48. The minimum atomic E-state index is 0.103. The van der Waals surface area contributed by atoms with Gasteiger partial charge in [-0.1, -0.05) is 66.2 Å². The first-order chi connectivity index (χ1) is 14.4. The zero-order valence-electron chi connectivity index (χ0n) is 17.1. The number of aromatic nitrogens is 2. The van der Waals surface area contributed by atoms with E-state index in [1.807, 2.05) is 30.5 Å². The molecule has 0 saturated carbocycles. The van der Waals surface area contributed by atoms with Gasteiger partial charge in [-0.15, -0.1) is 0 Å². The number of fused-ring (bicyclic) bond motifs is 1. The van der Waals surface area contributed by atoms with E-state index in [0.29, 0.717) is 5.15 Å². The first-order valence-corrected chi connectivity index (χ1v) is 10.9. The Kier molecular flexibility index (Phi) is 5.89. The lowest BCUT2D eigenvalue weighted by Crippen LogP contribution is -2.04. The summed E-state index contributed by atoms with van der Waals surface area (Å²) in [6.45, 7) is 6.45. The molecule has 4 rings (SSSR count). The molecule has 0 spiro atoms. The van der Waals surface area contributed by atoms with E-state index in [4.69, 9.17) is 16.6 Å². The molecule has 5 heteroatoms. The van der Waals surface area contributed by atoms with Gasteiger partial charge in [-0.3, -0.25) is 0 Å². The normalized spacial score (nSPS) is 12.0. The van der Waals surface area contributed by atoms with Crippen molar-refractivity contribution in [2.24, 2.45) is 4.40 Å². The molecular weight excluding hydrogens is 410 g/mol. The second kappa shape index (κ2) is 8.58. The minimum Gasteiger partial charge on any atom is -0.247 e. The average molecular weight is 432 g/mol. The monoisotopic (exact) mass is 431 g/mol. The summed E-state index contributed by atoms with van der Waals surface area (Å²) in [7, 11) is 0. The third-order valence-electron chi connectivity index (χ3n) is 4.49. The molecule has 0 bridgehead atoms. The largest absolute Gasteiger partial charge is 0.247 e. The predicted molar refractivity (Wildman–Crippen MR) is 130 cm³/mol. The Morgan fingerprint density at radius 2 is 1.67 bits per heavy atom. The fraction of sp³-hybridized carbons (Fsp3) is 0.160. The van der Waals surface area contributed by atoms with Crippen LogP contribution in [0.5, 0.6) is 0 Å². The van der Waals surface area contributed by atoms with Crippen LogP contribution in [0.4, 0.5) is 0 Å². The first-order valence-electron chi connectivity index (χ1n) is 9.73. The van der Waals surface area contributed by atoms with Gasteiger partial charge in [-0.05, 0) is 56.0 Å². The Balaban J connectivity index is 1.78. The van der Waals surface area contributed by atoms with E-state index in [9.17, 15) is 0 Å². The van der Waals surface area contributed by atoms with Gasteiger partial charge in [0.15, 0.2) is 0 Å². The summed E-state index contributed by atoms with van der Waals surface area (Å²) in [6.07, 6.45) is 3.59. The molecular formula is C25H22ClN3S. The van der Waals surface area contributed by atoms with Crippen molar-refractivity contribution < 1.29 is 0 Å². The lowest BCUT2D eigenvalue weighted by atomic mass is 9.97. The molecule has 0 aliphatic carbocycles. The van der Waals surface area contributed by atoms with Crippen LogP contribution in [0.25, 0.3) is 33.3 Å². The van der Waals surface area contributed by atoms with Crippen LogP contribution in [0.1, 0.15) is 26.3 Å². The van der Waals surface area contributed by atoms with Crippen molar-refractivity contribution in [1.82, 2.24) is 9.97 Å². The molecule has 30 heavy (non-hydrogen) atoms. The van der Waals surface area contributed by atoms with Crippen LogP contribution in [-0.2, 0) is 0 Å². The van der Waals surface area contributed by atoms with Gasteiger partial charge in [-0.2, -0.15) is 0 Å². The van der Waals surface area contributed by atoms with Crippen LogP contribution in [-0.4, -0.2) is 20.9 Å². The van der Waals surface area contributed by atoms with Crippen molar-refractivity contribution in [3.63, 3.8) is 0 Å². The van der Waals surface area contributed by atoms with Crippen molar-refractivity contribution >= 4 is 40.7 Å². The summed E-state index contributed by atoms with van der Waals surface area (Å²) < 4.78 is 4.59. The van der Waals surface area contributed by atoms with Crippen LogP contribution in [0.15, 0.2) is 77.3 Å². The SMILES string of the molecule is CC(C)(C)S/N=C/c1ccc(-c2nc3ccnc(Cl)c3cc2-c2ccccc2)cc1. The van der Waals surface area contributed by atoms with Gasteiger partial charge >= 0.3 is 0 Å². The average Bonchev–Trinajstić information content (AvgIpc) is 2.73. The standard InChI is InChI=1S/C25H22ClN3S/c1-25(2,3)30-28-16-17-9-11-19(12-10-17)23-20(18-7-5-4-6-8-18)15-21-22(29-23)13-14-27-24(21)26/h4-16H,1-3H3/b28-16+. The molecule has 0 aliphatic heterocycles. The summed E-state index contributed by atoms with van der Waals surface area (Å²) in [5.74, 6) is 0. The van der Waals surface area contributed by atoms with Crippen LogP contribution in [0, 0.1) is 0 Å². The van der Waals surface area contributed by atoms with E-state index in [0.717, 1.165) is 38.9 Å². The van der Waals surface area contributed by atoms with Crippen LogP contribution in [0.3, 0.4) is 0 Å². The number of hydrogen-bond donors (Lipinski definition) is 0. The van der Waals surface area contributed by atoms with Gasteiger partial charge in [0.1, 0.15) is 5.15 Å². The van der Waals surface area contributed by atoms with Gasteiger partial charge in [0.25, 0.3) is 0 Å². The van der Waals surface area contributed by atoms with Crippen molar-refractivity contribution in [2.45, 2.75) is 25.5 Å². The summed E-state index contributed by atoms with van der Waals surface area (Å²) in [6, 6.07) is 22.5. The molecule has 4 aromatic rings. The van der Waals surface area contributed by atoms with E-state index < -0.39 is 0 Å². The summed E-state index contributed by atoms with van der Waals surface area (Å²) >= 11 is 7.92. The molecule has 0 atom stereocenters. The van der Waals surface area contributed by atoms with E-state index in [2.05, 4.69) is 72.6 Å². The zero-order chi connectivity index (χ0) is 21.1. The van der Waals surface area contributed by atoms with Gasteiger partial charge in [-0.25, -0.2) is 14.4 Å². The molecule has 0 amide bonds. The summed E-state index contributed by atoms with van der Waals surface area (Å²) in [4.78, 5) is 9.16. The second-order valence-electron chi connectivity index (χ2n) is 7.98. The molecule has 2 aromatic heterocycles. The van der Waals surface area contributed by atoms with Crippen molar-refractivity contribution in [2.75, 3.05) is 0 Å². The lowest BCUT2D eigenvalue weighted by molar-refractivity contribution is 0.804. The smallest absolute Gasteiger partial charge is 0.138 e. The molecule has 0 radical (unpaired) electrons. The van der Waals surface area contributed by atoms with Crippen LogP contribution >= 0.6 is 23.5 Å². The highest BCUT2D eigenvalue weighted by Crippen LogP contribution is 2.35. The fourth-order valence-electron chi connectivity index (χ4n) is 3.09. The molecule has 0 fully saturated rings. The maximum atomic E-state index is 6.35. The van der Waals surface area contributed by atoms with E-state index in [1.165, 1.54) is 0 Å². The number of nitrogens with zero attached hydrogens (tertiary/aromatic N) is 3. The van der Waals surface area contributed by atoms with Crippen molar-refractivity contribution in [1.29, 1.82) is 0 Å². The molecule has 0 aliphatic rings. The maximum Gasteiger partial charge on any atom is 0.138 e. The molecule has 0 unspecified atom stereocenters. The topological polar surface area (TPSA) is 38.1 Å². The van der Waals surface area contributed by atoms with Gasteiger partial charge < -0.3 is 0 Å². The van der Waals surface area contributed by atoms with E-state index in [1.54, 1.807) is 18.1 Å². The zero-order valence-corrected chi connectivity index (χ0v) is 18.7. The van der Waals surface area contributed by atoms with Crippen molar-refractivity contribution in [3.05, 3.63) is 83.6 Å². The highest BCUT2D eigenvalue weighted by Gasteiger charge is 2.13. The fourth-order valence-corrected chi connectivity index (χ4v) is 3.79. The van der Waals surface area contributed by atoms with Gasteiger partial charge in [0.05, 0.1) is 11.2 Å². The van der Waals surface area contributed by atoms with Crippen LogP contribution in [0.2, 0.25) is 5.15 Å². The van der Waals surface area contributed by atoms with Crippen LogP contribution < -0.4 is 0 Å². The third kappa shape index (κ3) is 4.72. The minimum absolute atomic E-state index is 0.103. The Morgan fingerprint density at radius 1 is 0.933 bits per heavy atom. The number of halogens is 1. The number of rotatable bonds is 4.